The lowest BCUT2D eigenvalue weighted by Gasteiger charge is -2.35. The minimum atomic E-state index is -1.45. The first kappa shape index (κ1) is 42.6. The van der Waals surface area contributed by atoms with Crippen LogP contribution in [-0.2, 0) is 41.6 Å². The molecule has 2 heterocycles. The van der Waals surface area contributed by atoms with Crippen LogP contribution >= 0.6 is 0 Å². The predicted octanol–water partition coefficient (Wildman–Crippen LogP) is 3.76. The summed E-state index contributed by atoms with van der Waals surface area (Å²) in [5.74, 6) is -2.90. The molecule has 57 heavy (non-hydrogen) atoms. The van der Waals surface area contributed by atoms with Crippen LogP contribution in [-0.4, -0.2) is 100 Å². The Balaban J connectivity index is 1.53. The highest BCUT2D eigenvalue weighted by molar-refractivity contribution is 6.05. The maximum absolute atomic E-state index is 14.8. The molecule has 0 aliphatic carbocycles. The van der Waals surface area contributed by atoms with E-state index in [0.717, 1.165) is 21.2 Å². The Kier molecular flexibility index (Phi) is 13.6. The summed E-state index contributed by atoms with van der Waals surface area (Å²) in [6.07, 6.45) is 0.200. The van der Waals surface area contributed by atoms with Crippen molar-refractivity contribution in [3.05, 3.63) is 77.9 Å². The van der Waals surface area contributed by atoms with Gasteiger partial charge >= 0.3 is 6.09 Å². The van der Waals surface area contributed by atoms with Crippen LogP contribution in [0.25, 0.3) is 10.8 Å². The topological polar surface area (TPSA) is 189 Å². The van der Waals surface area contributed by atoms with Gasteiger partial charge in [0.15, 0.2) is 0 Å². The molecule has 5 N–H and O–H groups in total. The minimum Gasteiger partial charge on any atom is -0.488 e. The van der Waals surface area contributed by atoms with E-state index < -0.39 is 77.5 Å². The van der Waals surface area contributed by atoms with E-state index in [-0.39, 0.29) is 32.2 Å². The summed E-state index contributed by atoms with van der Waals surface area (Å²) in [6, 6.07) is 15.6. The number of nitrogens with one attached hydrogen (secondary N) is 3. The summed E-state index contributed by atoms with van der Waals surface area (Å²) >= 11 is 0. The lowest BCUT2D eigenvalue weighted by atomic mass is 9.99. The van der Waals surface area contributed by atoms with Gasteiger partial charge in [0.2, 0.25) is 23.6 Å². The molecular weight excluding hydrogens is 729 g/mol. The molecule has 0 radical (unpaired) electrons. The van der Waals surface area contributed by atoms with Gasteiger partial charge in [0, 0.05) is 19.4 Å². The van der Waals surface area contributed by atoms with Crippen molar-refractivity contribution >= 4 is 46.4 Å². The van der Waals surface area contributed by atoms with Crippen LogP contribution in [0.1, 0.15) is 78.4 Å². The Morgan fingerprint density at radius 3 is 2.25 bits per heavy atom. The number of hydrogen-bond donors (Lipinski definition) is 4. The van der Waals surface area contributed by atoms with E-state index in [1.165, 1.54) is 4.90 Å². The van der Waals surface area contributed by atoms with Gasteiger partial charge < -0.3 is 36.1 Å². The molecular formula is C43H56N6O8. The van der Waals surface area contributed by atoms with Crippen LogP contribution < -0.4 is 26.4 Å². The van der Waals surface area contributed by atoms with Crippen molar-refractivity contribution in [3.63, 3.8) is 0 Å². The monoisotopic (exact) mass is 784 g/mol. The number of hydrogen-bond acceptors (Lipinski definition) is 9. The molecule has 3 aromatic carbocycles. The zero-order chi connectivity index (χ0) is 41.5. The van der Waals surface area contributed by atoms with E-state index in [9.17, 15) is 28.8 Å². The molecule has 14 nitrogen and oxygen atoms in total. The molecule has 2 aliphatic heterocycles. The number of carbonyl (C=O) groups excluding carboxylic acids is 6. The van der Waals surface area contributed by atoms with Crippen LogP contribution in [0.4, 0.5) is 4.79 Å². The van der Waals surface area contributed by atoms with Gasteiger partial charge in [-0.1, -0.05) is 54.6 Å². The molecule has 3 aromatic rings. The van der Waals surface area contributed by atoms with E-state index in [2.05, 4.69) is 16.0 Å². The number of rotatable bonds is 10. The van der Waals surface area contributed by atoms with Crippen LogP contribution in [0, 0.1) is 0 Å². The van der Waals surface area contributed by atoms with Crippen molar-refractivity contribution in [1.82, 2.24) is 25.8 Å². The third-order valence-corrected chi connectivity index (χ3v) is 9.70. The van der Waals surface area contributed by atoms with Crippen molar-refractivity contribution in [1.29, 1.82) is 0 Å². The molecule has 0 spiro atoms. The third-order valence-electron chi connectivity index (χ3n) is 9.70. The molecule has 306 valence electrons. The normalized spacial score (nSPS) is 20.2. The fraction of sp³-hybridized carbons (Fsp3) is 0.488. The maximum atomic E-state index is 14.8. The molecule has 0 bridgehead atoms. The van der Waals surface area contributed by atoms with Gasteiger partial charge in [-0.2, -0.15) is 0 Å². The molecule has 2 aliphatic rings. The van der Waals surface area contributed by atoms with Gasteiger partial charge in [0.1, 0.15) is 41.1 Å². The molecule has 4 atom stereocenters. The summed E-state index contributed by atoms with van der Waals surface area (Å²) in [5.41, 5.74) is 5.92. The first-order valence-corrected chi connectivity index (χ1v) is 19.6. The Hall–Kier alpha value is -5.50. The Labute approximate surface area is 334 Å². The number of imide groups is 1. The average molecular weight is 785 g/mol. The van der Waals surface area contributed by atoms with E-state index in [1.54, 1.807) is 45.0 Å². The predicted molar refractivity (Wildman–Crippen MR) is 215 cm³/mol. The molecule has 5 rings (SSSR count). The smallest absolute Gasteiger partial charge is 0.408 e. The number of alkyl carbamates (subject to hydrolysis) is 1. The molecule has 2 fully saturated rings. The number of amides is 6. The first-order valence-electron chi connectivity index (χ1n) is 19.6. The lowest BCUT2D eigenvalue weighted by molar-refractivity contribution is -0.155. The molecule has 2 saturated heterocycles. The zero-order valence-electron chi connectivity index (χ0n) is 33.8. The van der Waals surface area contributed by atoms with Gasteiger partial charge in [-0.05, 0) is 108 Å². The molecule has 14 heteroatoms. The standard InChI is InChI=1S/C43H56N6O8/c1-42(2,3)56-31-19-16-27(17-20-31)24-33(47-41(55)57-43(4,5)6)40(54)49-35(13-9-21-44)38(52)46-32(25-28-15-18-29-11-7-8-12-30(29)23-28)39(53)48-22-10-14-34(48)37(51)45-26-36(49)50/h7-8,11-12,15-20,23,32-35H,9-10,13-14,21-22,24-26,44H2,1-6H3,(H,45,51)(H,46,52)(H,47,55)/t32-,33-,34-,35+/m0/s1. The number of nitrogens with zero attached hydrogens (tertiary/aromatic N) is 2. The zero-order valence-corrected chi connectivity index (χ0v) is 33.8. The summed E-state index contributed by atoms with van der Waals surface area (Å²) in [4.78, 5) is 87.2. The van der Waals surface area contributed by atoms with Crippen molar-refractivity contribution in [2.24, 2.45) is 5.73 Å². The van der Waals surface area contributed by atoms with E-state index in [1.807, 2.05) is 63.2 Å². The number of carbonyl (C=O) groups is 6. The summed E-state index contributed by atoms with van der Waals surface area (Å²) in [7, 11) is 0. The third kappa shape index (κ3) is 11.5. The van der Waals surface area contributed by atoms with E-state index >= 15 is 0 Å². The van der Waals surface area contributed by atoms with Crippen LogP contribution in [0.5, 0.6) is 5.75 Å². The second kappa shape index (κ2) is 18.2. The second-order valence-electron chi connectivity index (χ2n) is 16.7. The molecule has 0 aromatic heterocycles. The van der Waals surface area contributed by atoms with Gasteiger partial charge in [0.25, 0.3) is 5.91 Å². The van der Waals surface area contributed by atoms with Crippen LogP contribution in [0.2, 0.25) is 0 Å². The lowest BCUT2D eigenvalue weighted by Crippen LogP contribution is -2.63. The number of nitrogens with two attached hydrogens (primary N) is 1. The van der Waals surface area contributed by atoms with Crippen molar-refractivity contribution in [2.75, 3.05) is 19.6 Å². The number of ether oxygens (including phenoxy) is 2. The largest absolute Gasteiger partial charge is 0.488 e. The fourth-order valence-corrected chi connectivity index (χ4v) is 7.18. The second-order valence-corrected chi connectivity index (χ2v) is 16.7. The average Bonchev–Trinajstić information content (AvgIpc) is 3.63. The first-order chi connectivity index (χ1) is 26.9. The Morgan fingerprint density at radius 2 is 1.58 bits per heavy atom. The Morgan fingerprint density at radius 1 is 0.895 bits per heavy atom. The summed E-state index contributed by atoms with van der Waals surface area (Å²) < 4.78 is 11.5. The van der Waals surface area contributed by atoms with E-state index in [4.69, 9.17) is 15.2 Å². The van der Waals surface area contributed by atoms with Crippen molar-refractivity contribution < 1.29 is 38.2 Å². The minimum absolute atomic E-state index is 0.0466. The molecule has 0 unspecified atom stereocenters. The van der Waals surface area contributed by atoms with Crippen LogP contribution in [0.15, 0.2) is 66.7 Å². The van der Waals surface area contributed by atoms with Crippen molar-refractivity contribution in [2.45, 2.75) is 115 Å². The summed E-state index contributed by atoms with van der Waals surface area (Å²) in [6.45, 7) is 10.6. The van der Waals surface area contributed by atoms with Gasteiger partial charge in [-0.3, -0.25) is 28.9 Å². The quantitative estimate of drug-likeness (QED) is 0.237. The SMILES string of the molecule is CC(C)(C)OC(=O)N[C@@H](Cc1ccc(OC(C)(C)C)cc1)C(=O)N1C(=O)CNC(=O)[C@@H]2CCCN2C(=O)[C@H](Cc2ccc3ccccc3c2)NC(=O)[C@H]1CCCN. The summed E-state index contributed by atoms with van der Waals surface area (Å²) in [5, 5.41) is 10.1. The molecule has 6 amide bonds. The maximum Gasteiger partial charge on any atom is 0.408 e. The highest BCUT2D eigenvalue weighted by Crippen LogP contribution is 2.24. The van der Waals surface area contributed by atoms with Gasteiger partial charge in [-0.15, -0.1) is 0 Å². The highest BCUT2D eigenvalue weighted by atomic mass is 16.6. The highest BCUT2D eigenvalue weighted by Gasteiger charge is 2.43. The van der Waals surface area contributed by atoms with Crippen LogP contribution in [0.3, 0.4) is 0 Å². The van der Waals surface area contributed by atoms with Gasteiger partial charge in [0.05, 0.1) is 6.54 Å². The van der Waals surface area contributed by atoms with E-state index in [0.29, 0.717) is 30.7 Å². The molecule has 0 saturated carbocycles. The van der Waals surface area contributed by atoms with Gasteiger partial charge in [-0.25, -0.2) is 4.79 Å². The Bertz CT molecular complexity index is 1950. The fourth-order valence-electron chi connectivity index (χ4n) is 7.18. The number of benzene rings is 3. The van der Waals surface area contributed by atoms with Crippen molar-refractivity contribution in [3.8, 4) is 5.75 Å². The number of fused-ring (bicyclic) bond motifs is 2.